The number of halogens is 1. The van der Waals surface area contributed by atoms with Gasteiger partial charge in [0.25, 0.3) is 11.8 Å². The van der Waals surface area contributed by atoms with Gasteiger partial charge in [-0.25, -0.2) is 0 Å². The SMILES string of the molecule is CCCN1C(=O)C(Nc2ccc(C)c(Cl)c2)=C(c2ccc(C)c(C)c2)C1=O. The minimum atomic E-state index is -0.299. The number of nitrogens with zero attached hydrogens (tertiary/aromatic N) is 1. The molecule has 0 radical (unpaired) electrons. The summed E-state index contributed by atoms with van der Waals surface area (Å²) in [5, 5.41) is 3.75. The maximum atomic E-state index is 13.0. The van der Waals surface area contributed by atoms with Crippen LogP contribution in [0.1, 0.15) is 35.6 Å². The van der Waals surface area contributed by atoms with Gasteiger partial charge >= 0.3 is 0 Å². The fourth-order valence-electron chi connectivity index (χ4n) is 3.10. The maximum absolute atomic E-state index is 13.0. The Kier molecular flexibility index (Phi) is 5.38. The third-order valence-corrected chi connectivity index (χ3v) is 5.26. The second-order valence-corrected chi connectivity index (χ2v) is 7.31. The van der Waals surface area contributed by atoms with Crippen molar-refractivity contribution >= 4 is 34.7 Å². The Balaban J connectivity index is 2.10. The number of rotatable bonds is 5. The van der Waals surface area contributed by atoms with Crippen molar-refractivity contribution in [1.29, 1.82) is 0 Å². The van der Waals surface area contributed by atoms with Crippen molar-refractivity contribution in [1.82, 2.24) is 4.90 Å². The third-order valence-electron chi connectivity index (χ3n) is 4.85. The van der Waals surface area contributed by atoms with Crippen molar-refractivity contribution in [2.24, 2.45) is 0 Å². The summed E-state index contributed by atoms with van der Waals surface area (Å²) in [5.74, 6) is -0.558. The van der Waals surface area contributed by atoms with E-state index in [1.54, 1.807) is 6.07 Å². The van der Waals surface area contributed by atoms with Crippen molar-refractivity contribution < 1.29 is 9.59 Å². The van der Waals surface area contributed by atoms with Crippen LogP contribution in [0.15, 0.2) is 42.1 Å². The molecule has 0 unspecified atom stereocenters. The molecule has 3 rings (SSSR count). The molecule has 2 aromatic carbocycles. The van der Waals surface area contributed by atoms with Crippen LogP contribution in [0.5, 0.6) is 0 Å². The Hall–Kier alpha value is -2.59. The van der Waals surface area contributed by atoms with E-state index in [9.17, 15) is 9.59 Å². The number of imide groups is 1. The number of carbonyl (C=O) groups excluding carboxylic acids is 2. The predicted octanol–water partition coefficient (Wildman–Crippen LogP) is 4.87. The van der Waals surface area contributed by atoms with E-state index in [0.29, 0.717) is 34.9 Å². The Morgan fingerprint density at radius 2 is 1.63 bits per heavy atom. The first-order valence-electron chi connectivity index (χ1n) is 9.04. The molecule has 0 atom stereocenters. The van der Waals surface area contributed by atoms with Crippen LogP contribution in [-0.4, -0.2) is 23.3 Å². The van der Waals surface area contributed by atoms with Crippen LogP contribution >= 0.6 is 11.6 Å². The molecule has 1 heterocycles. The van der Waals surface area contributed by atoms with Crippen LogP contribution < -0.4 is 5.32 Å². The lowest BCUT2D eigenvalue weighted by atomic mass is 9.99. The van der Waals surface area contributed by atoms with Crippen LogP contribution in [0, 0.1) is 20.8 Å². The summed E-state index contributed by atoms with van der Waals surface area (Å²) in [4.78, 5) is 27.3. The number of benzene rings is 2. The molecule has 0 aromatic heterocycles. The molecule has 0 bridgehead atoms. The lowest BCUT2D eigenvalue weighted by Crippen LogP contribution is -2.33. The Morgan fingerprint density at radius 1 is 0.926 bits per heavy atom. The smallest absolute Gasteiger partial charge is 0.278 e. The minimum Gasteiger partial charge on any atom is -0.350 e. The van der Waals surface area contributed by atoms with Crippen molar-refractivity contribution in [2.75, 3.05) is 11.9 Å². The van der Waals surface area contributed by atoms with Gasteiger partial charge in [0.15, 0.2) is 0 Å². The molecular formula is C22H23ClN2O2. The van der Waals surface area contributed by atoms with E-state index in [1.807, 2.05) is 58.0 Å². The van der Waals surface area contributed by atoms with Gasteiger partial charge in [-0.2, -0.15) is 0 Å². The number of carbonyl (C=O) groups is 2. The molecule has 0 saturated heterocycles. The average Bonchev–Trinajstić information content (AvgIpc) is 2.85. The Morgan fingerprint density at radius 3 is 2.26 bits per heavy atom. The fraction of sp³-hybridized carbons (Fsp3) is 0.273. The summed E-state index contributed by atoms with van der Waals surface area (Å²) in [6, 6.07) is 11.3. The van der Waals surface area contributed by atoms with Gasteiger partial charge in [-0.1, -0.05) is 42.8 Å². The first-order chi connectivity index (χ1) is 12.8. The van der Waals surface area contributed by atoms with Crippen molar-refractivity contribution in [2.45, 2.75) is 34.1 Å². The standard InChI is InChI=1S/C22H23ClN2O2/c1-5-10-25-21(26)19(16-8-6-13(2)15(4)11-16)20(22(25)27)24-17-9-7-14(3)18(23)12-17/h6-9,11-12,24H,5,10H2,1-4H3. The van der Waals surface area contributed by atoms with Gasteiger partial charge in [0.05, 0.1) is 5.57 Å². The summed E-state index contributed by atoms with van der Waals surface area (Å²) >= 11 is 6.22. The van der Waals surface area contributed by atoms with Crippen LogP contribution in [0.25, 0.3) is 5.57 Å². The number of amides is 2. The topological polar surface area (TPSA) is 49.4 Å². The van der Waals surface area contributed by atoms with E-state index in [2.05, 4.69) is 5.32 Å². The molecule has 27 heavy (non-hydrogen) atoms. The number of hydrogen-bond donors (Lipinski definition) is 1. The van der Waals surface area contributed by atoms with Crippen LogP contribution in [0.2, 0.25) is 5.02 Å². The largest absolute Gasteiger partial charge is 0.350 e. The summed E-state index contributed by atoms with van der Waals surface area (Å²) in [5.41, 5.74) is 5.31. The number of nitrogens with one attached hydrogen (secondary N) is 1. The molecule has 2 aromatic rings. The quantitative estimate of drug-likeness (QED) is 0.750. The number of aryl methyl sites for hydroxylation is 3. The van der Waals surface area contributed by atoms with Gasteiger partial charge in [-0.15, -0.1) is 0 Å². The minimum absolute atomic E-state index is 0.259. The van der Waals surface area contributed by atoms with Gasteiger partial charge in [0.1, 0.15) is 5.70 Å². The van der Waals surface area contributed by atoms with E-state index in [-0.39, 0.29) is 11.8 Å². The predicted molar refractivity (Wildman–Crippen MR) is 110 cm³/mol. The van der Waals surface area contributed by atoms with E-state index in [0.717, 1.165) is 22.3 Å². The monoisotopic (exact) mass is 382 g/mol. The Labute approximate surface area is 164 Å². The molecule has 2 amide bonds. The van der Waals surface area contributed by atoms with Crippen molar-refractivity contribution in [3.8, 4) is 0 Å². The molecule has 1 aliphatic heterocycles. The Bertz CT molecular complexity index is 963. The zero-order valence-electron chi connectivity index (χ0n) is 16.0. The normalized spacial score (nSPS) is 14.3. The van der Waals surface area contributed by atoms with Crippen LogP contribution in [0.4, 0.5) is 5.69 Å². The van der Waals surface area contributed by atoms with Gasteiger partial charge in [0.2, 0.25) is 0 Å². The zero-order valence-corrected chi connectivity index (χ0v) is 16.8. The first kappa shape index (κ1) is 19.2. The lowest BCUT2D eigenvalue weighted by Gasteiger charge is -2.14. The van der Waals surface area contributed by atoms with E-state index >= 15 is 0 Å². The maximum Gasteiger partial charge on any atom is 0.278 e. The number of hydrogen-bond acceptors (Lipinski definition) is 3. The summed E-state index contributed by atoms with van der Waals surface area (Å²) in [6.45, 7) is 8.27. The second-order valence-electron chi connectivity index (χ2n) is 6.90. The molecule has 1 aliphatic rings. The van der Waals surface area contributed by atoms with E-state index in [1.165, 1.54) is 4.90 Å². The molecule has 0 aliphatic carbocycles. The highest BCUT2D eigenvalue weighted by molar-refractivity contribution is 6.36. The highest BCUT2D eigenvalue weighted by Crippen LogP contribution is 2.32. The average molecular weight is 383 g/mol. The van der Waals surface area contributed by atoms with Crippen LogP contribution in [0.3, 0.4) is 0 Å². The molecule has 4 nitrogen and oxygen atoms in total. The molecule has 5 heteroatoms. The highest BCUT2D eigenvalue weighted by atomic mass is 35.5. The van der Waals surface area contributed by atoms with E-state index < -0.39 is 0 Å². The van der Waals surface area contributed by atoms with Gasteiger partial charge in [-0.05, 0) is 61.6 Å². The van der Waals surface area contributed by atoms with E-state index in [4.69, 9.17) is 11.6 Å². The van der Waals surface area contributed by atoms with Gasteiger partial charge < -0.3 is 5.32 Å². The zero-order chi connectivity index (χ0) is 19.7. The highest BCUT2D eigenvalue weighted by Gasteiger charge is 2.38. The van der Waals surface area contributed by atoms with Crippen molar-refractivity contribution in [3.63, 3.8) is 0 Å². The lowest BCUT2D eigenvalue weighted by molar-refractivity contribution is -0.136. The summed E-state index contributed by atoms with van der Waals surface area (Å²) in [7, 11) is 0. The molecule has 140 valence electrons. The third kappa shape index (κ3) is 3.62. The van der Waals surface area contributed by atoms with Gasteiger partial charge in [0, 0.05) is 17.3 Å². The van der Waals surface area contributed by atoms with Crippen molar-refractivity contribution in [3.05, 3.63) is 69.4 Å². The number of anilines is 1. The van der Waals surface area contributed by atoms with Gasteiger partial charge in [-0.3, -0.25) is 14.5 Å². The summed E-state index contributed by atoms with van der Waals surface area (Å²) in [6.07, 6.45) is 0.710. The molecule has 0 spiro atoms. The summed E-state index contributed by atoms with van der Waals surface area (Å²) < 4.78 is 0. The molecular weight excluding hydrogens is 360 g/mol. The molecule has 0 fully saturated rings. The first-order valence-corrected chi connectivity index (χ1v) is 9.42. The van der Waals surface area contributed by atoms with Crippen LogP contribution in [-0.2, 0) is 9.59 Å². The second kappa shape index (κ2) is 7.57. The molecule has 1 N–H and O–H groups in total. The molecule has 0 saturated carbocycles. The fourth-order valence-corrected chi connectivity index (χ4v) is 3.28.